The molecule has 0 spiro atoms. The third-order valence-corrected chi connectivity index (χ3v) is 2.65. The first-order valence-electron chi connectivity index (χ1n) is 5.31. The van der Waals surface area contributed by atoms with Gasteiger partial charge >= 0.3 is 0 Å². The van der Waals surface area contributed by atoms with Crippen LogP contribution in [-0.2, 0) is 0 Å². The Kier molecular flexibility index (Phi) is 4.51. The predicted octanol–water partition coefficient (Wildman–Crippen LogP) is 4.45. The van der Waals surface area contributed by atoms with Crippen molar-refractivity contribution >= 4 is 35.6 Å². The zero-order valence-corrected chi connectivity index (χ0v) is 10.9. The monoisotopic (exact) mass is 276 g/mol. The summed E-state index contributed by atoms with van der Waals surface area (Å²) in [6.45, 7) is 0. The molecule has 2 aromatic rings. The highest BCUT2D eigenvalue weighted by molar-refractivity contribution is 6.31. The average molecular weight is 277 g/mol. The molecular formula is C14H10Cl2N2. The van der Waals surface area contributed by atoms with Gasteiger partial charge in [-0.2, -0.15) is 10.2 Å². The van der Waals surface area contributed by atoms with Gasteiger partial charge in [-0.3, -0.25) is 0 Å². The van der Waals surface area contributed by atoms with E-state index in [0.29, 0.717) is 10.0 Å². The Hall–Kier alpha value is -1.64. The topological polar surface area (TPSA) is 24.7 Å². The van der Waals surface area contributed by atoms with Gasteiger partial charge in [-0.1, -0.05) is 47.5 Å². The molecule has 0 aliphatic rings. The summed E-state index contributed by atoms with van der Waals surface area (Å²) in [5.41, 5.74) is 1.82. The zero-order chi connectivity index (χ0) is 12.8. The van der Waals surface area contributed by atoms with Gasteiger partial charge in [0.15, 0.2) is 0 Å². The lowest BCUT2D eigenvalue weighted by Gasteiger charge is -1.92. The number of nitrogens with zero attached hydrogens (tertiary/aromatic N) is 2. The molecule has 0 fully saturated rings. The van der Waals surface area contributed by atoms with Crippen LogP contribution in [0, 0.1) is 0 Å². The van der Waals surface area contributed by atoms with Crippen molar-refractivity contribution in [3.05, 3.63) is 69.7 Å². The van der Waals surface area contributed by atoms with Crippen LogP contribution in [0.4, 0.5) is 0 Å². The fraction of sp³-hybridized carbons (Fsp3) is 0. The van der Waals surface area contributed by atoms with Gasteiger partial charge in [0.25, 0.3) is 0 Å². The van der Waals surface area contributed by atoms with Crippen LogP contribution in [0.2, 0.25) is 10.0 Å². The Morgan fingerprint density at radius 2 is 1.17 bits per heavy atom. The summed E-state index contributed by atoms with van der Waals surface area (Å²) < 4.78 is 0. The molecule has 90 valence electrons. The number of rotatable bonds is 3. The summed E-state index contributed by atoms with van der Waals surface area (Å²) in [4.78, 5) is 0. The smallest absolute Gasteiger partial charge is 0.0568 e. The van der Waals surface area contributed by atoms with Gasteiger partial charge < -0.3 is 0 Å². The molecule has 0 unspecified atom stereocenters. The van der Waals surface area contributed by atoms with Gasteiger partial charge in [0.2, 0.25) is 0 Å². The van der Waals surface area contributed by atoms with E-state index in [1.807, 2.05) is 48.5 Å². The summed E-state index contributed by atoms with van der Waals surface area (Å²) in [6.07, 6.45) is 3.29. The van der Waals surface area contributed by atoms with Crippen molar-refractivity contribution in [3.63, 3.8) is 0 Å². The van der Waals surface area contributed by atoms with Gasteiger partial charge in [-0.05, 0) is 35.4 Å². The molecule has 0 saturated carbocycles. The second-order valence-corrected chi connectivity index (χ2v) is 4.47. The normalized spacial score (nSPS) is 11.4. The van der Waals surface area contributed by atoms with Crippen LogP contribution >= 0.6 is 23.2 Å². The summed E-state index contributed by atoms with van der Waals surface area (Å²) in [5, 5.41) is 9.26. The van der Waals surface area contributed by atoms with E-state index in [9.17, 15) is 0 Å². The summed E-state index contributed by atoms with van der Waals surface area (Å²) in [5.74, 6) is 0. The molecule has 2 aromatic carbocycles. The molecule has 0 bridgehead atoms. The highest BCUT2D eigenvalue weighted by Gasteiger charge is 1.90. The molecule has 0 aliphatic heterocycles. The van der Waals surface area contributed by atoms with Crippen molar-refractivity contribution < 1.29 is 0 Å². The van der Waals surface area contributed by atoms with Crippen LogP contribution in [-0.4, -0.2) is 12.4 Å². The van der Waals surface area contributed by atoms with Crippen molar-refractivity contribution in [2.75, 3.05) is 0 Å². The molecule has 0 amide bonds. The van der Waals surface area contributed by atoms with E-state index in [4.69, 9.17) is 23.2 Å². The highest BCUT2D eigenvalue weighted by Crippen LogP contribution is 2.10. The third-order valence-electron chi connectivity index (χ3n) is 2.18. The maximum Gasteiger partial charge on any atom is 0.0568 e. The fourth-order valence-corrected chi connectivity index (χ4v) is 1.77. The minimum absolute atomic E-state index is 0.678. The van der Waals surface area contributed by atoms with Crippen molar-refractivity contribution in [1.29, 1.82) is 0 Å². The summed E-state index contributed by atoms with van der Waals surface area (Å²) in [6, 6.07) is 14.8. The molecule has 0 saturated heterocycles. The molecule has 0 N–H and O–H groups in total. The minimum atomic E-state index is 0.678. The van der Waals surface area contributed by atoms with Gasteiger partial charge in [-0.25, -0.2) is 0 Å². The maximum atomic E-state index is 5.86. The third kappa shape index (κ3) is 3.99. The van der Waals surface area contributed by atoms with Crippen molar-refractivity contribution in [2.45, 2.75) is 0 Å². The largest absolute Gasteiger partial charge is 0.159 e. The Morgan fingerprint density at radius 1 is 0.722 bits per heavy atom. The van der Waals surface area contributed by atoms with E-state index in [-0.39, 0.29) is 0 Å². The number of hydrogen-bond donors (Lipinski definition) is 0. The van der Waals surface area contributed by atoms with Crippen LogP contribution in [0.5, 0.6) is 0 Å². The number of hydrogen-bond acceptors (Lipinski definition) is 2. The quantitative estimate of drug-likeness (QED) is 0.585. The lowest BCUT2D eigenvalue weighted by Crippen LogP contribution is -1.81. The van der Waals surface area contributed by atoms with Gasteiger partial charge in [0.05, 0.1) is 12.4 Å². The molecule has 0 aliphatic carbocycles. The van der Waals surface area contributed by atoms with Crippen molar-refractivity contribution in [2.24, 2.45) is 10.2 Å². The average Bonchev–Trinajstić information content (AvgIpc) is 2.35. The second kappa shape index (κ2) is 6.34. The summed E-state index contributed by atoms with van der Waals surface area (Å²) in [7, 11) is 0. The highest BCUT2D eigenvalue weighted by atomic mass is 35.5. The maximum absolute atomic E-state index is 5.86. The SMILES string of the molecule is Clc1cccc(/C=N\N=C/c2cccc(Cl)c2)c1. The van der Waals surface area contributed by atoms with E-state index in [1.165, 1.54) is 0 Å². The lowest BCUT2D eigenvalue weighted by molar-refractivity contribution is 1.26. The first kappa shape index (κ1) is 12.8. The van der Waals surface area contributed by atoms with Crippen LogP contribution in [0.25, 0.3) is 0 Å². The van der Waals surface area contributed by atoms with E-state index in [0.717, 1.165) is 11.1 Å². The first-order chi connectivity index (χ1) is 8.74. The predicted molar refractivity (Wildman–Crippen MR) is 78.1 cm³/mol. The Bertz CT molecular complexity index is 538. The molecule has 0 radical (unpaired) electrons. The van der Waals surface area contributed by atoms with E-state index in [2.05, 4.69) is 10.2 Å². The molecule has 4 heteroatoms. The Labute approximate surface area is 116 Å². The second-order valence-electron chi connectivity index (χ2n) is 3.60. The molecule has 0 heterocycles. The van der Waals surface area contributed by atoms with Crippen LogP contribution < -0.4 is 0 Å². The van der Waals surface area contributed by atoms with E-state index in [1.54, 1.807) is 12.4 Å². The molecule has 2 rings (SSSR count). The van der Waals surface area contributed by atoms with Crippen LogP contribution in [0.3, 0.4) is 0 Å². The van der Waals surface area contributed by atoms with E-state index >= 15 is 0 Å². The lowest BCUT2D eigenvalue weighted by atomic mass is 10.2. The van der Waals surface area contributed by atoms with Gasteiger partial charge in [0.1, 0.15) is 0 Å². The minimum Gasteiger partial charge on any atom is -0.159 e. The van der Waals surface area contributed by atoms with Crippen LogP contribution in [0.15, 0.2) is 58.7 Å². The Balaban J connectivity index is 2.03. The molecule has 18 heavy (non-hydrogen) atoms. The zero-order valence-electron chi connectivity index (χ0n) is 9.42. The number of benzene rings is 2. The standard InChI is InChI=1S/C14H10Cl2N2/c15-13-5-1-3-11(7-13)9-17-18-10-12-4-2-6-14(16)8-12/h1-10H/b17-9-,18-10-. The first-order valence-corrected chi connectivity index (χ1v) is 6.07. The molecular weight excluding hydrogens is 267 g/mol. The van der Waals surface area contributed by atoms with Gasteiger partial charge in [0, 0.05) is 10.0 Å². The number of halogens is 2. The van der Waals surface area contributed by atoms with Crippen molar-refractivity contribution in [1.82, 2.24) is 0 Å². The van der Waals surface area contributed by atoms with Crippen molar-refractivity contribution in [3.8, 4) is 0 Å². The van der Waals surface area contributed by atoms with Gasteiger partial charge in [-0.15, -0.1) is 0 Å². The van der Waals surface area contributed by atoms with Crippen LogP contribution in [0.1, 0.15) is 11.1 Å². The van der Waals surface area contributed by atoms with E-state index < -0.39 is 0 Å². The summed E-state index contributed by atoms with van der Waals surface area (Å²) >= 11 is 11.7. The molecule has 0 atom stereocenters. The molecule has 2 nitrogen and oxygen atoms in total. The fourth-order valence-electron chi connectivity index (χ4n) is 1.37. The Morgan fingerprint density at radius 3 is 1.56 bits per heavy atom. The molecule has 0 aromatic heterocycles.